The molecule has 0 aliphatic carbocycles. The number of nitrogens with one attached hydrogen (secondary N) is 1. The molecular formula is C18H19N3O4. The van der Waals surface area contributed by atoms with E-state index in [-0.39, 0.29) is 12.3 Å². The molecule has 1 amide bonds. The Morgan fingerprint density at radius 2 is 2.00 bits per heavy atom. The number of amides is 1. The van der Waals surface area contributed by atoms with Crippen molar-refractivity contribution in [2.45, 2.75) is 19.8 Å². The van der Waals surface area contributed by atoms with Crippen molar-refractivity contribution < 1.29 is 14.5 Å². The van der Waals surface area contributed by atoms with E-state index in [0.29, 0.717) is 17.2 Å². The molecule has 7 nitrogen and oxygen atoms in total. The molecule has 7 heteroatoms. The lowest BCUT2D eigenvalue weighted by Crippen LogP contribution is -2.24. The van der Waals surface area contributed by atoms with Gasteiger partial charge in [0.1, 0.15) is 5.75 Å². The number of nitro groups is 1. The maximum absolute atomic E-state index is 11.7. The average Bonchev–Trinajstić information content (AvgIpc) is 2.60. The molecule has 0 atom stereocenters. The van der Waals surface area contributed by atoms with Crippen LogP contribution in [0.15, 0.2) is 53.6 Å². The Morgan fingerprint density at radius 3 is 2.64 bits per heavy atom. The predicted molar refractivity (Wildman–Crippen MR) is 94.9 cm³/mol. The summed E-state index contributed by atoms with van der Waals surface area (Å²) in [7, 11) is 0. The van der Waals surface area contributed by atoms with Crippen LogP contribution in [0.3, 0.4) is 0 Å². The van der Waals surface area contributed by atoms with Crippen molar-refractivity contribution in [3.8, 4) is 5.75 Å². The number of rotatable bonds is 7. The molecule has 1 N–H and O–H groups in total. The average molecular weight is 341 g/mol. The zero-order valence-electron chi connectivity index (χ0n) is 14.0. The molecule has 0 heterocycles. The Labute approximate surface area is 145 Å². The smallest absolute Gasteiger partial charge is 0.277 e. The molecule has 0 aliphatic heterocycles. The number of ether oxygens (including phenoxy) is 1. The van der Waals surface area contributed by atoms with E-state index in [4.69, 9.17) is 4.74 Å². The van der Waals surface area contributed by atoms with Crippen molar-refractivity contribution in [2.75, 3.05) is 6.61 Å². The van der Waals surface area contributed by atoms with Crippen LogP contribution < -0.4 is 10.2 Å². The third kappa shape index (κ3) is 5.72. The van der Waals surface area contributed by atoms with Gasteiger partial charge in [-0.15, -0.1) is 0 Å². The zero-order chi connectivity index (χ0) is 18.2. The fourth-order valence-electron chi connectivity index (χ4n) is 2.01. The van der Waals surface area contributed by atoms with Crippen molar-refractivity contribution in [1.82, 2.24) is 5.43 Å². The molecule has 130 valence electrons. The van der Waals surface area contributed by atoms with Gasteiger partial charge in [-0.2, -0.15) is 5.10 Å². The maximum atomic E-state index is 11.7. The van der Waals surface area contributed by atoms with Gasteiger partial charge in [0.05, 0.1) is 11.1 Å². The first kappa shape index (κ1) is 18.1. The third-order valence-corrected chi connectivity index (χ3v) is 3.40. The van der Waals surface area contributed by atoms with Gasteiger partial charge in [-0.3, -0.25) is 14.9 Å². The van der Waals surface area contributed by atoms with Gasteiger partial charge in [0.15, 0.2) is 6.61 Å². The number of benzene rings is 2. The van der Waals surface area contributed by atoms with Gasteiger partial charge in [0, 0.05) is 12.1 Å². The summed E-state index contributed by atoms with van der Waals surface area (Å²) in [4.78, 5) is 21.8. The Balaban J connectivity index is 1.82. The largest absolute Gasteiger partial charge is 0.484 e. The second kappa shape index (κ2) is 8.58. The Bertz CT molecular complexity index is 770. The van der Waals surface area contributed by atoms with Crippen LogP contribution in [0.5, 0.6) is 5.75 Å². The minimum absolute atomic E-state index is 0.00165. The van der Waals surface area contributed by atoms with Gasteiger partial charge in [0.2, 0.25) is 0 Å². The van der Waals surface area contributed by atoms with Crippen LogP contribution in [0, 0.1) is 10.1 Å². The van der Waals surface area contributed by atoms with Gasteiger partial charge in [-0.25, -0.2) is 5.43 Å². The number of carbonyl (C=O) groups excluding carboxylic acids is 1. The van der Waals surface area contributed by atoms with Crippen LogP contribution in [0.2, 0.25) is 0 Å². The highest BCUT2D eigenvalue weighted by Crippen LogP contribution is 2.19. The predicted octanol–water partition coefficient (Wildman–Crippen LogP) is 3.25. The Morgan fingerprint density at radius 1 is 1.28 bits per heavy atom. The first-order chi connectivity index (χ1) is 12.0. The quantitative estimate of drug-likeness (QED) is 0.475. The van der Waals surface area contributed by atoms with E-state index in [9.17, 15) is 14.9 Å². The number of hydrazone groups is 1. The van der Waals surface area contributed by atoms with E-state index in [1.807, 2.05) is 18.2 Å². The SMILES string of the molecule is CC(C)c1cccc(OCC(=O)N/N=C/c2ccc([N+](=O)[O-])cc2)c1. The molecule has 0 aliphatic rings. The molecule has 0 saturated carbocycles. The summed E-state index contributed by atoms with van der Waals surface area (Å²) in [5, 5.41) is 14.4. The molecule has 25 heavy (non-hydrogen) atoms. The molecule has 0 fully saturated rings. The van der Waals surface area contributed by atoms with Crippen molar-refractivity contribution >= 4 is 17.8 Å². The molecule has 2 aromatic carbocycles. The van der Waals surface area contributed by atoms with Crippen LogP contribution in [0.1, 0.15) is 30.9 Å². The lowest BCUT2D eigenvalue weighted by atomic mass is 10.0. The molecular weight excluding hydrogens is 322 g/mol. The van der Waals surface area contributed by atoms with Gasteiger partial charge in [-0.05, 0) is 41.3 Å². The highest BCUT2D eigenvalue weighted by atomic mass is 16.6. The van der Waals surface area contributed by atoms with Crippen LogP contribution in [-0.4, -0.2) is 23.7 Å². The molecule has 2 rings (SSSR count). The normalized spacial score (nSPS) is 10.8. The number of hydrogen-bond acceptors (Lipinski definition) is 5. The standard InChI is InChI=1S/C18H19N3O4/c1-13(2)15-4-3-5-17(10-15)25-12-18(22)20-19-11-14-6-8-16(9-7-14)21(23)24/h3-11,13H,12H2,1-2H3,(H,20,22)/b19-11+. The maximum Gasteiger partial charge on any atom is 0.277 e. The fraction of sp³-hybridized carbons (Fsp3) is 0.222. The van der Waals surface area contributed by atoms with E-state index >= 15 is 0 Å². The molecule has 0 saturated heterocycles. The first-order valence-electron chi connectivity index (χ1n) is 7.75. The number of nitro benzene ring substituents is 1. The lowest BCUT2D eigenvalue weighted by Gasteiger charge is -2.09. The van der Waals surface area contributed by atoms with Gasteiger partial charge in [0.25, 0.3) is 11.6 Å². The molecule has 0 unspecified atom stereocenters. The van der Waals surface area contributed by atoms with Crippen molar-refractivity contribution in [2.24, 2.45) is 5.10 Å². The molecule has 0 spiro atoms. The van der Waals surface area contributed by atoms with Gasteiger partial charge < -0.3 is 4.74 Å². The van der Waals surface area contributed by atoms with Gasteiger partial charge in [-0.1, -0.05) is 26.0 Å². The van der Waals surface area contributed by atoms with Crippen molar-refractivity contribution in [3.05, 3.63) is 69.8 Å². The van der Waals surface area contributed by atoms with Crippen molar-refractivity contribution in [3.63, 3.8) is 0 Å². The minimum atomic E-state index is -0.478. The van der Waals surface area contributed by atoms with Crippen LogP contribution in [0.4, 0.5) is 5.69 Å². The van der Waals surface area contributed by atoms with E-state index in [0.717, 1.165) is 5.56 Å². The lowest BCUT2D eigenvalue weighted by molar-refractivity contribution is -0.384. The summed E-state index contributed by atoms with van der Waals surface area (Å²) < 4.78 is 5.44. The Hall–Kier alpha value is -3.22. The summed E-state index contributed by atoms with van der Waals surface area (Å²) in [6, 6.07) is 13.4. The monoisotopic (exact) mass is 341 g/mol. The molecule has 0 radical (unpaired) electrons. The molecule has 0 bridgehead atoms. The fourth-order valence-corrected chi connectivity index (χ4v) is 2.01. The van der Waals surface area contributed by atoms with Crippen LogP contribution >= 0.6 is 0 Å². The van der Waals surface area contributed by atoms with E-state index in [1.165, 1.54) is 18.3 Å². The summed E-state index contributed by atoms with van der Waals surface area (Å²) in [5.74, 6) is 0.609. The number of nitrogens with zero attached hydrogens (tertiary/aromatic N) is 2. The molecule has 2 aromatic rings. The number of non-ortho nitro benzene ring substituents is 1. The van der Waals surface area contributed by atoms with Crippen LogP contribution in [0.25, 0.3) is 0 Å². The summed E-state index contributed by atoms with van der Waals surface area (Å²) in [6.07, 6.45) is 1.40. The third-order valence-electron chi connectivity index (χ3n) is 3.40. The topological polar surface area (TPSA) is 93.8 Å². The van der Waals surface area contributed by atoms with Crippen LogP contribution in [-0.2, 0) is 4.79 Å². The Kier molecular flexibility index (Phi) is 6.22. The van der Waals surface area contributed by atoms with E-state index in [1.54, 1.807) is 18.2 Å². The zero-order valence-corrected chi connectivity index (χ0v) is 14.0. The highest BCUT2D eigenvalue weighted by molar-refractivity contribution is 5.83. The van der Waals surface area contributed by atoms with E-state index in [2.05, 4.69) is 24.4 Å². The molecule has 0 aromatic heterocycles. The number of hydrogen-bond donors (Lipinski definition) is 1. The van der Waals surface area contributed by atoms with Gasteiger partial charge >= 0.3 is 0 Å². The highest BCUT2D eigenvalue weighted by Gasteiger charge is 2.05. The van der Waals surface area contributed by atoms with Crippen molar-refractivity contribution in [1.29, 1.82) is 0 Å². The first-order valence-corrected chi connectivity index (χ1v) is 7.75. The second-order valence-corrected chi connectivity index (χ2v) is 5.66. The second-order valence-electron chi connectivity index (χ2n) is 5.66. The minimum Gasteiger partial charge on any atom is -0.484 e. The summed E-state index contributed by atoms with van der Waals surface area (Å²) in [6.45, 7) is 4.01. The summed E-state index contributed by atoms with van der Waals surface area (Å²) >= 11 is 0. The summed E-state index contributed by atoms with van der Waals surface area (Å²) in [5.41, 5.74) is 4.12. The van der Waals surface area contributed by atoms with E-state index < -0.39 is 10.8 Å². The number of carbonyl (C=O) groups is 1.